The highest BCUT2D eigenvalue weighted by atomic mass is 16.5. The van der Waals surface area contributed by atoms with Gasteiger partial charge in [-0.05, 0) is 49.4 Å². The SMILES string of the molecule is CC1(C)C2CCC1C(OCCCCCC=O)C2. The first-order chi connectivity index (χ1) is 8.16. The Kier molecular flexibility index (Phi) is 4.24. The number of rotatable bonds is 7. The number of hydrogen-bond donors (Lipinski definition) is 0. The van der Waals surface area contributed by atoms with Gasteiger partial charge < -0.3 is 9.53 Å². The molecule has 0 aromatic rings. The fourth-order valence-corrected chi connectivity index (χ4v) is 3.88. The number of aldehydes is 1. The molecule has 2 fully saturated rings. The summed E-state index contributed by atoms with van der Waals surface area (Å²) in [6.07, 6.45) is 9.58. The third kappa shape index (κ3) is 2.73. The zero-order valence-electron chi connectivity index (χ0n) is 11.3. The van der Waals surface area contributed by atoms with Crippen molar-refractivity contribution in [2.24, 2.45) is 17.3 Å². The minimum Gasteiger partial charge on any atom is -0.378 e. The molecule has 2 nitrogen and oxygen atoms in total. The van der Waals surface area contributed by atoms with Crippen molar-refractivity contribution >= 4 is 6.29 Å². The zero-order chi connectivity index (χ0) is 12.3. The largest absolute Gasteiger partial charge is 0.378 e. The molecule has 2 bridgehead atoms. The molecule has 2 heteroatoms. The van der Waals surface area contributed by atoms with Crippen LogP contribution in [0.15, 0.2) is 0 Å². The standard InChI is InChI=1S/C15H26O2/c1-15(2)12-7-8-13(15)14(11-12)17-10-6-4-3-5-9-16/h9,12-14H,3-8,10-11H2,1-2H3. The molecule has 2 aliphatic carbocycles. The number of hydrogen-bond acceptors (Lipinski definition) is 2. The fraction of sp³-hybridized carbons (Fsp3) is 0.933. The molecule has 3 atom stereocenters. The first-order valence-electron chi connectivity index (χ1n) is 7.21. The summed E-state index contributed by atoms with van der Waals surface area (Å²) < 4.78 is 6.06. The lowest BCUT2D eigenvalue weighted by Gasteiger charge is -2.26. The van der Waals surface area contributed by atoms with E-state index in [9.17, 15) is 4.79 Å². The summed E-state index contributed by atoms with van der Waals surface area (Å²) in [5.41, 5.74) is 0.516. The molecular weight excluding hydrogens is 212 g/mol. The predicted octanol–water partition coefficient (Wildman–Crippen LogP) is 3.59. The van der Waals surface area contributed by atoms with Crippen LogP contribution in [0.1, 0.15) is 58.8 Å². The second-order valence-corrected chi connectivity index (χ2v) is 6.36. The molecule has 0 saturated heterocycles. The summed E-state index contributed by atoms with van der Waals surface area (Å²) in [6.45, 7) is 5.73. The lowest BCUT2D eigenvalue weighted by molar-refractivity contribution is -0.107. The highest BCUT2D eigenvalue weighted by Gasteiger charge is 2.53. The second-order valence-electron chi connectivity index (χ2n) is 6.36. The zero-order valence-corrected chi connectivity index (χ0v) is 11.3. The van der Waals surface area contributed by atoms with Crippen LogP contribution >= 0.6 is 0 Å². The van der Waals surface area contributed by atoms with Gasteiger partial charge in [0.05, 0.1) is 6.10 Å². The molecule has 3 unspecified atom stereocenters. The fourth-order valence-electron chi connectivity index (χ4n) is 3.88. The molecule has 0 heterocycles. The van der Waals surface area contributed by atoms with Crippen LogP contribution in [-0.2, 0) is 9.53 Å². The number of fused-ring (bicyclic) bond motifs is 2. The Morgan fingerprint density at radius 3 is 2.65 bits per heavy atom. The smallest absolute Gasteiger partial charge is 0.119 e. The molecule has 0 aromatic carbocycles. The Balaban J connectivity index is 1.63. The third-order valence-corrected chi connectivity index (χ3v) is 5.10. The molecule has 0 amide bonds. The summed E-state index contributed by atoms with van der Waals surface area (Å²) in [7, 11) is 0. The summed E-state index contributed by atoms with van der Waals surface area (Å²) in [6, 6.07) is 0. The molecule has 2 rings (SSSR count). The van der Waals surface area contributed by atoms with Gasteiger partial charge in [0.15, 0.2) is 0 Å². The average molecular weight is 238 g/mol. The van der Waals surface area contributed by atoms with Gasteiger partial charge in [-0.1, -0.05) is 20.3 Å². The van der Waals surface area contributed by atoms with Crippen molar-refractivity contribution in [3.63, 3.8) is 0 Å². The Hall–Kier alpha value is -0.370. The number of ether oxygens (including phenoxy) is 1. The molecule has 0 aromatic heterocycles. The van der Waals surface area contributed by atoms with E-state index in [2.05, 4.69) is 13.8 Å². The number of unbranched alkanes of at least 4 members (excludes halogenated alkanes) is 3. The van der Waals surface area contributed by atoms with Crippen molar-refractivity contribution in [1.29, 1.82) is 0 Å². The minimum atomic E-state index is 0.516. The van der Waals surface area contributed by atoms with E-state index in [-0.39, 0.29) is 0 Å². The number of carbonyl (C=O) groups excluding carboxylic acids is 1. The molecule has 0 spiro atoms. The van der Waals surface area contributed by atoms with Crippen LogP contribution in [0.5, 0.6) is 0 Å². The Morgan fingerprint density at radius 1 is 1.24 bits per heavy atom. The Morgan fingerprint density at radius 2 is 2.06 bits per heavy atom. The first kappa shape index (κ1) is 13.1. The van der Waals surface area contributed by atoms with Gasteiger partial charge in [0.1, 0.15) is 6.29 Å². The minimum absolute atomic E-state index is 0.516. The van der Waals surface area contributed by atoms with Gasteiger partial charge in [-0.25, -0.2) is 0 Å². The maximum Gasteiger partial charge on any atom is 0.119 e. The molecule has 0 N–H and O–H groups in total. The van der Waals surface area contributed by atoms with Gasteiger partial charge in [0, 0.05) is 13.0 Å². The molecule has 17 heavy (non-hydrogen) atoms. The van der Waals surface area contributed by atoms with Gasteiger partial charge >= 0.3 is 0 Å². The van der Waals surface area contributed by atoms with E-state index in [0.717, 1.165) is 44.0 Å². The maximum atomic E-state index is 10.2. The van der Waals surface area contributed by atoms with Crippen molar-refractivity contribution in [2.75, 3.05) is 6.61 Å². The van der Waals surface area contributed by atoms with Crippen molar-refractivity contribution < 1.29 is 9.53 Å². The summed E-state index contributed by atoms with van der Waals surface area (Å²) in [5, 5.41) is 0. The summed E-state index contributed by atoms with van der Waals surface area (Å²) in [5.74, 6) is 1.69. The van der Waals surface area contributed by atoms with Crippen LogP contribution in [0.4, 0.5) is 0 Å². The van der Waals surface area contributed by atoms with Crippen molar-refractivity contribution in [2.45, 2.75) is 64.9 Å². The first-order valence-corrected chi connectivity index (χ1v) is 7.21. The van der Waals surface area contributed by atoms with Gasteiger partial charge in [-0.15, -0.1) is 0 Å². The van der Waals surface area contributed by atoms with Crippen LogP contribution in [0.3, 0.4) is 0 Å². The van der Waals surface area contributed by atoms with Crippen molar-refractivity contribution in [3.05, 3.63) is 0 Å². The van der Waals surface area contributed by atoms with Crippen molar-refractivity contribution in [3.8, 4) is 0 Å². The second kappa shape index (κ2) is 5.51. The lowest BCUT2D eigenvalue weighted by Crippen LogP contribution is -2.25. The van der Waals surface area contributed by atoms with E-state index in [1.165, 1.54) is 19.3 Å². The highest BCUT2D eigenvalue weighted by Crippen LogP contribution is 2.58. The molecule has 2 saturated carbocycles. The number of carbonyl (C=O) groups is 1. The quantitative estimate of drug-likeness (QED) is 0.500. The molecular formula is C15H26O2. The topological polar surface area (TPSA) is 26.3 Å². The van der Waals surface area contributed by atoms with Crippen LogP contribution in [0.25, 0.3) is 0 Å². The Bertz CT molecular complexity index is 260. The molecule has 98 valence electrons. The van der Waals surface area contributed by atoms with Gasteiger partial charge in [-0.2, -0.15) is 0 Å². The van der Waals surface area contributed by atoms with E-state index >= 15 is 0 Å². The monoisotopic (exact) mass is 238 g/mol. The van der Waals surface area contributed by atoms with E-state index < -0.39 is 0 Å². The third-order valence-electron chi connectivity index (χ3n) is 5.10. The van der Waals surface area contributed by atoms with Gasteiger partial charge in [-0.3, -0.25) is 0 Å². The lowest BCUT2D eigenvalue weighted by atomic mass is 9.82. The Labute approximate surface area is 105 Å². The molecule has 2 aliphatic rings. The average Bonchev–Trinajstić information content (AvgIpc) is 2.72. The van der Waals surface area contributed by atoms with E-state index in [4.69, 9.17) is 4.74 Å². The summed E-state index contributed by atoms with van der Waals surface area (Å²) >= 11 is 0. The van der Waals surface area contributed by atoms with Crippen LogP contribution in [0.2, 0.25) is 0 Å². The van der Waals surface area contributed by atoms with Crippen LogP contribution < -0.4 is 0 Å². The van der Waals surface area contributed by atoms with E-state index in [1.54, 1.807) is 0 Å². The van der Waals surface area contributed by atoms with Gasteiger partial charge in [0.2, 0.25) is 0 Å². The van der Waals surface area contributed by atoms with Crippen LogP contribution in [-0.4, -0.2) is 19.0 Å². The normalized spacial score (nSPS) is 34.1. The highest BCUT2D eigenvalue weighted by molar-refractivity contribution is 5.48. The molecule has 0 radical (unpaired) electrons. The van der Waals surface area contributed by atoms with E-state index in [0.29, 0.717) is 17.9 Å². The van der Waals surface area contributed by atoms with Crippen LogP contribution in [0, 0.1) is 17.3 Å². The maximum absolute atomic E-state index is 10.2. The summed E-state index contributed by atoms with van der Waals surface area (Å²) in [4.78, 5) is 10.2. The predicted molar refractivity (Wildman–Crippen MR) is 68.9 cm³/mol. The van der Waals surface area contributed by atoms with Gasteiger partial charge in [0.25, 0.3) is 0 Å². The van der Waals surface area contributed by atoms with E-state index in [1.807, 2.05) is 0 Å². The van der Waals surface area contributed by atoms with Crippen molar-refractivity contribution in [1.82, 2.24) is 0 Å². The molecule has 0 aliphatic heterocycles.